The number of halogens is 2. The molecule has 5 rings (SSSR count). The van der Waals surface area contributed by atoms with Crippen LogP contribution in [0.25, 0.3) is 0 Å². The van der Waals surface area contributed by atoms with Crippen LogP contribution in [-0.2, 0) is 19.1 Å². The van der Waals surface area contributed by atoms with Crippen LogP contribution >= 0.6 is 23.2 Å². The maximum Gasteiger partial charge on any atom is 0.262 e. The number of amides is 1. The van der Waals surface area contributed by atoms with Crippen molar-refractivity contribution >= 4 is 46.4 Å². The second kappa shape index (κ2) is 10.1. The summed E-state index contributed by atoms with van der Waals surface area (Å²) < 4.78 is 11.7. The van der Waals surface area contributed by atoms with Gasteiger partial charge in [-0.3, -0.25) is 14.4 Å². The molecule has 2 aromatic carbocycles. The minimum absolute atomic E-state index is 0.0217. The average Bonchev–Trinajstić information content (AvgIpc) is 2.82. The van der Waals surface area contributed by atoms with Gasteiger partial charge in [0, 0.05) is 48.4 Å². The van der Waals surface area contributed by atoms with E-state index in [1.54, 1.807) is 18.2 Å². The fourth-order valence-corrected chi connectivity index (χ4v) is 5.71. The zero-order valence-corrected chi connectivity index (χ0v) is 21.3. The monoisotopic (exact) mass is 525 g/mol. The Morgan fingerprint density at radius 3 is 2.17 bits per heavy atom. The van der Waals surface area contributed by atoms with Gasteiger partial charge >= 0.3 is 0 Å². The molecule has 2 aliphatic carbocycles. The third-order valence-electron chi connectivity index (χ3n) is 6.64. The summed E-state index contributed by atoms with van der Waals surface area (Å²) in [5.74, 6) is 0.486. The Hall–Kier alpha value is -3.09. The van der Waals surface area contributed by atoms with E-state index in [1.165, 1.54) is 0 Å². The Morgan fingerprint density at radius 1 is 0.972 bits per heavy atom. The van der Waals surface area contributed by atoms with Crippen LogP contribution < -0.4 is 10.1 Å². The molecule has 1 N–H and O–H groups in total. The van der Waals surface area contributed by atoms with Crippen molar-refractivity contribution in [2.75, 3.05) is 11.9 Å². The zero-order valence-electron chi connectivity index (χ0n) is 19.8. The highest BCUT2D eigenvalue weighted by molar-refractivity contribution is 6.37. The SMILES string of the molecule is Cc1cccc(NC(=O)COc2c(Cl)cc(C3C4=C(CCCC4=O)OC4=C3C(=O)CCC4)cc2Cl)c1. The number of ketones is 2. The number of allylic oxidation sites excluding steroid dienone is 4. The number of Topliss-reactive ketones (excluding diaryl/α,β-unsaturated/α-hetero) is 2. The van der Waals surface area contributed by atoms with Gasteiger partial charge in [-0.25, -0.2) is 0 Å². The molecule has 36 heavy (non-hydrogen) atoms. The summed E-state index contributed by atoms with van der Waals surface area (Å²) in [6.45, 7) is 1.65. The van der Waals surface area contributed by atoms with Crippen LogP contribution in [0.2, 0.25) is 10.0 Å². The van der Waals surface area contributed by atoms with E-state index in [9.17, 15) is 14.4 Å². The minimum atomic E-state index is -0.571. The maximum absolute atomic E-state index is 13.0. The van der Waals surface area contributed by atoms with Gasteiger partial charge in [0.25, 0.3) is 5.91 Å². The number of hydrogen-bond donors (Lipinski definition) is 1. The van der Waals surface area contributed by atoms with Gasteiger partial charge in [0.15, 0.2) is 23.9 Å². The number of hydrogen-bond acceptors (Lipinski definition) is 5. The molecule has 0 atom stereocenters. The normalized spacial score (nSPS) is 18.0. The lowest BCUT2D eigenvalue weighted by molar-refractivity contribution is -0.119. The van der Waals surface area contributed by atoms with E-state index < -0.39 is 5.92 Å². The van der Waals surface area contributed by atoms with E-state index >= 15 is 0 Å². The van der Waals surface area contributed by atoms with Gasteiger partial charge in [0.2, 0.25) is 0 Å². The standard InChI is InChI=1S/C28H25Cl2NO5/c1-15-5-2-6-17(11-15)31-24(34)14-35-28-18(29)12-16(13-19(28)30)25-26-20(32)7-3-9-22(26)36-23-10-4-8-21(33)27(23)25/h2,5-6,11-13,25H,3-4,7-10,14H2,1H3,(H,31,34). The quantitative estimate of drug-likeness (QED) is 0.485. The molecule has 0 saturated heterocycles. The molecule has 2 aromatic rings. The van der Waals surface area contributed by atoms with Crippen LogP contribution in [0.15, 0.2) is 59.1 Å². The van der Waals surface area contributed by atoms with E-state index in [2.05, 4.69) is 5.32 Å². The summed E-state index contributed by atoms with van der Waals surface area (Å²) in [6, 6.07) is 10.8. The number of ether oxygens (including phenoxy) is 2. The molecule has 8 heteroatoms. The summed E-state index contributed by atoms with van der Waals surface area (Å²) in [5.41, 5.74) is 3.36. The molecule has 0 aromatic heterocycles. The number of benzene rings is 2. The molecule has 6 nitrogen and oxygen atoms in total. The van der Waals surface area contributed by atoms with Gasteiger partial charge in [-0.2, -0.15) is 0 Å². The lowest BCUT2D eigenvalue weighted by Crippen LogP contribution is -2.30. The summed E-state index contributed by atoms with van der Waals surface area (Å²) in [4.78, 5) is 38.3. The zero-order chi connectivity index (χ0) is 25.4. The number of rotatable bonds is 5. The molecule has 186 valence electrons. The Kier molecular flexibility index (Phi) is 6.91. The van der Waals surface area contributed by atoms with Crippen LogP contribution in [0.3, 0.4) is 0 Å². The third-order valence-corrected chi connectivity index (χ3v) is 7.21. The summed E-state index contributed by atoms with van der Waals surface area (Å²) >= 11 is 13.1. The largest absolute Gasteiger partial charge is 0.481 e. The van der Waals surface area contributed by atoms with Crippen LogP contribution in [0.5, 0.6) is 5.75 Å². The number of anilines is 1. The molecule has 0 radical (unpaired) electrons. The highest BCUT2D eigenvalue weighted by atomic mass is 35.5. The van der Waals surface area contributed by atoms with Gasteiger partial charge in [-0.05, 0) is 55.2 Å². The van der Waals surface area contributed by atoms with Crippen molar-refractivity contribution in [2.45, 2.75) is 51.4 Å². The molecule has 0 fully saturated rings. The fraction of sp³-hybridized carbons (Fsp3) is 0.321. The maximum atomic E-state index is 13.0. The third kappa shape index (κ3) is 4.80. The molecular weight excluding hydrogens is 501 g/mol. The lowest BCUT2D eigenvalue weighted by atomic mass is 9.73. The molecular formula is C28H25Cl2NO5. The molecule has 0 spiro atoms. The van der Waals surface area contributed by atoms with E-state index in [0.717, 1.165) is 18.4 Å². The van der Waals surface area contributed by atoms with Crippen molar-refractivity contribution in [1.82, 2.24) is 0 Å². The van der Waals surface area contributed by atoms with Crippen molar-refractivity contribution in [2.24, 2.45) is 0 Å². The predicted molar refractivity (Wildman–Crippen MR) is 137 cm³/mol. The van der Waals surface area contributed by atoms with Crippen LogP contribution in [0.1, 0.15) is 55.6 Å². The van der Waals surface area contributed by atoms with Gasteiger partial charge in [-0.1, -0.05) is 35.3 Å². The van der Waals surface area contributed by atoms with Crippen molar-refractivity contribution in [3.8, 4) is 5.75 Å². The topological polar surface area (TPSA) is 81.7 Å². The van der Waals surface area contributed by atoms with E-state index in [0.29, 0.717) is 59.6 Å². The number of nitrogens with one attached hydrogen (secondary N) is 1. The first-order valence-corrected chi connectivity index (χ1v) is 12.8. The van der Waals surface area contributed by atoms with E-state index in [-0.39, 0.29) is 39.9 Å². The number of carbonyl (C=O) groups excluding carboxylic acids is 3. The van der Waals surface area contributed by atoms with Gasteiger partial charge in [-0.15, -0.1) is 0 Å². The van der Waals surface area contributed by atoms with E-state index in [4.69, 9.17) is 32.7 Å². The molecule has 1 heterocycles. The first-order chi connectivity index (χ1) is 17.3. The fourth-order valence-electron chi connectivity index (χ4n) is 5.09. The second-order valence-electron chi connectivity index (χ2n) is 9.28. The number of carbonyl (C=O) groups is 3. The summed E-state index contributed by atoms with van der Waals surface area (Å²) in [5, 5.41) is 3.17. The second-order valence-corrected chi connectivity index (χ2v) is 10.1. The van der Waals surface area contributed by atoms with Gasteiger partial charge in [0.1, 0.15) is 11.5 Å². The van der Waals surface area contributed by atoms with Crippen LogP contribution in [0, 0.1) is 6.92 Å². The van der Waals surface area contributed by atoms with Crippen LogP contribution in [0.4, 0.5) is 5.69 Å². The molecule has 1 amide bonds. The average molecular weight is 526 g/mol. The summed E-state index contributed by atoms with van der Waals surface area (Å²) in [6.07, 6.45) is 3.57. The lowest BCUT2D eigenvalue weighted by Gasteiger charge is -2.36. The van der Waals surface area contributed by atoms with Crippen LogP contribution in [-0.4, -0.2) is 24.1 Å². The predicted octanol–water partition coefficient (Wildman–Crippen LogP) is 6.45. The van der Waals surface area contributed by atoms with E-state index in [1.807, 2.05) is 25.1 Å². The Bertz CT molecular complexity index is 1280. The highest BCUT2D eigenvalue weighted by Gasteiger charge is 2.42. The Balaban J connectivity index is 1.42. The molecule has 3 aliphatic rings. The Labute approximate surface area is 219 Å². The molecule has 1 aliphatic heterocycles. The van der Waals surface area contributed by atoms with Gasteiger partial charge < -0.3 is 14.8 Å². The molecule has 0 saturated carbocycles. The minimum Gasteiger partial charge on any atom is -0.481 e. The first kappa shape index (κ1) is 24.6. The van der Waals surface area contributed by atoms with Crippen molar-refractivity contribution in [3.05, 3.63) is 80.2 Å². The highest BCUT2D eigenvalue weighted by Crippen LogP contribution is 2.49. The van der Waals surface area contributed by atoms with Gasteiger partial charge in [0.05, 0.1) is 10.0 Å². The number of aryl methyl sites for hydroxylation is 1. The van der Waals surface area contributed by atoms with Crippen molar-refractivity contribution in [1.29, 1.82) is 0 Å². The Morgan fingerprint density at radius 2 is 1.58 bits per heavy atom. The molecule has 0 bridgehead atoms. The van der Waals surface area contributed by atoms with Crippen molar-refractivity contribution in [3.63, 3.8) is 0 Å². The smallest absolute Gasteiger partial charge is 0.262 e. The summed E-state index contributed by atoms with van der Waals surface area (Å²) in [7, 11) is 0. The molecule has 0 unspecified atom stereocenters. The first-order valence-electron chi connectivity index (χ1n) is 12.0. The van der Waals surface area contributed by atoms with Crippen molar-refractivity contribution < 1.29 is 23.9 Å².